The largest absolute Gasteiger partial charge is 0.302 e. The summed E-state index contributed by atoms with van der Waals surface area (Å²) in [5.41, 5.74) is 0. The van der Waals surface area contributed by atoms with E-state index in [1.807, 2.05) is 0 Å². The molecular formula is C13H19N. The van der Waals surface area contributed by atoms with E-state index >= 15 is 0 Å². The van der Waals surface area contributed by atoms with Crippen LogP contribution in [-0.2, 0) is 0 Å². The van der Waals surface area contributed by atoms with Gasteiger partial charge in [0.25, 0.3) is 0 Å². The molecule has 2 bridgehead atoms. The second-order valence-corrected chi connectivity index (χ2v) is 5.37. The molecule has 1 heterocycles. The van der Waals surface area contributed by atoms with Crippen molar-refractivity contribution >= 4 is 0 Å². The molecule has 2 saturated carbocycles. The first kappa shape index (κ1) is 8.80. The summed E-state index contributed by atoms with van der Waals surface area (Å²) in [6.45, 7) is 3.85. The second kappa shape index (κ2) is 3.28. The molecule has 4 atom stereocenters. The summed E-state index contributed by atoms with van der Waals surface area (Å²) in [4.78, 5) is 2.61. The van der Waals surface area contributed by atoms with Crippen LogP contribution in [0.15, 0.2) is 0 Å². The van der Waals surface area contributed by atoms with Crippen molar-refractivity contribution in [2.45, 2.75) is 25.7 Å². The van der Waals surface area contributed by atoms with E-state index in [1.165, 1.54) is 25.9 Å². The number of hydrogen-bond donors (Lipinski definition) is 0. The Hall–Kier alpha value is -0.480. The van der Waals surface area contributed by atoms with Crippen molar-refractivity contribution in [1.29, 1.82) is 0 Å². The molecule has 0 amide bonds. The molecule has 0 N–H and O–H groups in total. The lowest BCUT2D eigenvalue weighted by molar-refractivity contribution is 0.281. The van der Waals surface area contributed by atoms with Crippen LogP contribution in [0.1, 0.15) is 25.7 Å². The van der Waals surface area contributed by atoms with Crippen molar-refractivity contribution < 1.29 is 0 Å². The Bertz CT molecular complexity index is 247. The van der Waals surface area contributed by atoms with Gasteiger partial charge in [-0.1, -0.05) is 0 Å². The highest BCUT2D eigenvalue weighted by molar-refractivity contribution is 5.02. The van der Waals surface area contributed by atoms with Crippen LogP contribution in [0.3, 0.4) is 0 Å². The zero-order chi connectivity index (χ0) is 9.54. The standard InChI is InChI=1S/C13H19N/c1-2-3-6-14-8-12-10-4-5-11(7-10)13(12)9-14/h1,10-13H,3-9H2. The predicted molar refractivity (Wildman–Crippen MR) is 57.7 cm³/mol. The number of likely N-dealkylation sites (tertiary alicyclic amines) is 1. The Labute approximate surface area is 86.9 Å². The highest BCUT2D eigenvalue weighted by atomic mass is 15.2. The Morgan fingerprint density at radius 1 is 1.14 bits per heavy atom. The maximum Gasteiger partial charge on any atom is 0.0214 e. The fourth-order valence-corrected chi connectivity index (χ4v) is 4.17. The van der Waals surface area contributed by atoms with Crippen LogP contribution in [0.25, 0.3) is 0 Å². The molecule has 2 aliphatic carbocycles. The molecule has 1 heteroatoms. The zero-order valence-electron chi connectivity index (χ0n) is 8.78. The van der Waals surface area contributed by atoms with E-state index in [0.29, 0.717) is 0 Å². The molecule has 3 fully saturated rings. The molecule has 3 rings (SSSR count). The average Bonchev–Trinajstić information content (AvgIpc) is 2.85. The van der Waals surface area contributed by atoms with Crippen molar-refractivity contribution in [3.8, 4) is 12.3 Å². The molecule has 0 aromatic heterocycles. The van der Waals surface area contributed by atoms with Gasteiger partial charge in [0.2, 0.25) is 0 Å². The number of terminal acetylenes is 1. The predicted octanol–water partition coefficient (Wildman–Crippen LogP) is 1.99. The first-order valence-corrected chi connectivity index (χ1v) is 6.04. The quantitative estimate of drug-likeness (QED) is 0.600. The third kappa shape index (κ3) is 1.21. The molecule has 4 unspecified atom stereocenters. The molecule has 0 radical (unpaired) electrons. The molecule has 3 aliphatic rings. The van der Waals surface area contributed by atoms with Gasteiger partial charge in [0.1, 0.15) is 0 Å². The van der Waals surface area contributed by atoms with Crippen LogP contribution in [0, 0.1) is 36.0 Å². The maximum atomic E-state index is 5.31. The molecule has 14 heavy (non-hydrogen) atoms. The van der Waals surface area contributed by atoms with Crippen molar-refractivity contribution in [2.24, 2.45) is 23.7 Å². The van der Waals surface area contributed by atoms with Gasteiger partial charge in [-0.15, -0.1) is 12.3 Å². The number of nitrogens with zero attached hydrogens (tertiary/aromatic N) is 1. The normalized spacial score (nSPS) is 45.4. The summed E-state index contributed by atoms with van der Waals surface area (Å²) in [7, 11) is 0. The molecule has 1 nitrogen and oxygen atoms in total. The lowest BCUT2D eigenvalue weighted by atomic mass is 9.82. The Morgan fingerprint density at radius 2 is 1.79 bits per heavy atom. The van der Waals surface area contributed by atoms with Crippen LogP contribution in [0.2, 0.25) is 0 Å². The van der Waals surface area contributed by atoms with Gasteiger partial charge in [-0.2, -0.15) is 0 Å². The summed E-state index contributed by atoms with van der Waals surface area (Å²) in [6, 6.07) is 0. The molecule has 1 saturated heterocycles. The topological polar surface area (TPSA) is 3.24 Å². The highest BCUT2D eigenvalue weighted by Crippen LogP contribution is 2.54. The average molecular weight is 189 g/mol. The van der Waals surface area contributed by atoms with E-state index in [9.17, 15) is 0 Å². The Kier molecular flexibility index (Phi) is 2.06. The van der Waals surface area contributed by atoms with E-state index in [4.69, 9.17) is 6.42 Å². The summed E-state index contributed by atoms with van der Waals surface area (Å²) in [6.07, 6.45) is 10.9. The Morgan fingerprint density at radius 3 is 2.36 bits per heavy atom. The smallest absolute Gasteiger partial charge is 0.0214 e. The zero-order valence-corrected chi connectivity index (χ0v) is 8.78. The monoisotopic (exact) mass is 189 g/mol. The van der Waals surface area contributed by atoms with Crippen molar-refractivity contribution in [2.75, 3.05) is 19.6 Å². The van der Waals surface area contributed by atoms with E-state index in [-0.39, 0.29) is 0 Å². The van der Waals surface area contributed by atoms with Gasteiger partial charge in [-0.25, -0.2) is 0 Å². The molecule has 0 aromatic rings. The van der Waals surface area contributed by atoms with Gasteiger partial charge < -0.3 is 4.90 Å². The fraction of sp³-hybridized carbons (Fsp3) is 0.846. The van der Waals surface area contributed by atoms with Crippen LogP contribution in [-0.4, -0.2) is 24.5 Å². The first-order chi connectivity index (χ1) is 6.88. The van der Waals surface area contributed by atoms with Crippen LogP contribution in [0.4, 0.5) is 0 Å². The third-order valence-electron chi connectivity index (χ3n) is 4.79. The summed E-state index contributed by atoms with van der Waals surface area (Å²) in [5, 5.41) is 0. The van der Waals surface area contributed by atoms with Gasteiger partial charge in [0.05, 0.1) is 0 Å². The first-order valence-electron chi connectivity index (χ1n) is 6.04. The summed E-state index contributed by atoms with van der Waals surface area (Å²) >= 11 is 0. The minimum absolute atomic E-state index is 0.939. The highest BCUT2D eigenvalue weighted by Gasteiger charge is 2.51. The van der Waals surface area contributed by atoms with E-state index in [0.717, 1.165) is 36.6 Å². The molecular weight excluding hydrogens is 170 g/mol. The minimum atomic E-state index is 0.939. The van der Waals surface area contributed by atoms with E-state index < -0.39 is 0 Å². The molecule has 76 valence electrons. The van der Waals surface area contributed by atoms with Crippen molar-refractivity contribution in [3.63, 3.8) is 0 Å². The Balaban J connectivity index is 1.63. The third-order valence-corrected chi connectivity index (χ3v) is 4.79. The van der Waals surface area contributed by atoms with Crippen LogP contribution >= 0.6 is 0 Å². The molecule has 0 spiro atoms. The minimum Gasteiger partial charge on any atom is -0.302 e. The number of hydrogen-bond acceptors (Lipinski definition) is 1. The van der Waals surface area contributed by atoms with Gasteiger partial charge in [-0.3, -0.25) is 0 Å². The van der Waals surface area contributed by atoms with Crippen LogP contribution in [0.5, 0.6) is 0 Å². The lowest BCUT2D eigenvalue weighted by Crippen LogP contribution is -2.23. The summed E-state index contributed by atoms with van der Waals surface area (Å²) in [5.74, 6) is 7.02. The summed E-state index contributed by atoms with van der Waals surface area (Å²) < 4.78 is 0. The van der Waals surface area contributed by atoms with Gasteiger partial charge in [-0.05, 0) is 42.9 Å². The molecule has 1 aliphatic heterocycles. The molecule has 0 aromatic carbocycles. The SMILES string of the molecule is C#CCCN1CC2C3CCC(C3)C2C1. The van der Waals surface area contributed by atoms with Crippen molar-refractivity contribution in [1.82, 2.24) is 4.90 Å². The van der Waals surface area contributed by atoms with Gasteiger partial charge >= 0.3 is 0 Å². The second-order valence-electron chi connectivity index (χ2n) is 5.37. The van der Waals surface area contributed by atoms with Crippen molar-refractivity contribution in [3.05, 3.63) is 0 Å². The maximum absolute atomic E-state index is 5.31. The number of fused-ring (bicyclic) bond motifs is 5. The lowest BCUT2D eigenvalue weighted by Gasteiger charge is -2.22. The number of rotatable bonds is 2. The van der Waals surface area contributed by atoms with Gasteiger partial charge in [0, 0.05) is 26.1 Å². The van der Waals surface area contributed by atoms with E-state index in [2.05, 4.69) is 10.8 Å². The fourth-order valence-electron chi connectivity index (χ4n) is 4.17. The van der Waals surface area contributed by atoms with E-state index in [1.54, 1.807) is 6.42 Å². The van der Waals surface area contributed by atoms with Crippen LogP contribution < -0.4 is 0 Å². The van der Waals surface area contributed by atoms with Gasteiger partial charge in [0.15, 0.2) is 0 Å².